The maximum Gasteiger partial charge on any atom is 0.248 e. The quantitative estimate of drug-likeness (QED) is 0.637. The van der Waals surface area contributed by atoms with Crippen molar-refractivity contribution in [1.82, 2.24) is 9.78 Å². The summed E-state index contributed by atoms with van der Waals surface area (Å²) in [4.78, 5) is 12.7. The Bertz CT molecular complexity index is 1140. The molecule has 0 saturated carbocycles. The predicted molar refractivity (Wildman–Crippen MR) is 110 cm³/mol. The zero-order chi connectivity index (χ0) is 21.2. The highest BCUT2D eigenvalue weighted by Gasteiger charge is 2.22. The van der Waals surface area contributed by atoms with Crippen LogP contribution in [0, 0.1) is 6.92 Å². The summed E-state index contributed by atoms with van der Waals surface area (Å²) in [6.45, 7) is 3.56. The number of hydrogen-bond acceptors (Lipinski definition) is 5. The molecule has 0 bridgehead atoms. The number of anilines is 1. The SMILES string of the molecule is COc1cc(NC(=O)C(C)n2nccc2C)cc(S(=O)(=O)c2ccc(Cl)cc2)c1. The third kappa shape index (κ3) is 4.44. The second-order valence-electron chi connectivity index (χ2n) is 6.44. The molecule has 0 aliphatic rings. The number of methoxy groups -OCH3 is 1. The van der Waals surface area contributed by atoms with Gasteiger partial charge in [0.1, 0.15) is 11.8 Å². The molecule has 1 heterocycles. The van der Waals surface area contributed by atoms with Gasteiger partial charge in [0.25, 0.3) is 0 Å². The molecule has 9 heteroatoms. The van der Waals surface area contributed by atoms with Crippen LogP contribution < -0.4 is 10.1 Å². The van der Waals surface area contributed by atoms with E-state index in [1.165, 1.54) is 43.5 Å². The number of halogens is 1. The van der Waals surface area contributed by atoms with E-state index >= 15 is 0 Å². The molecule has 3 rings (SSSR count). The maximum atomic E-state index is 13.0. The van der Waals surface area contributed by atoms with Crippen LogP contribution in [-0.4, -0.2) is 31.2 Å². The number of carbonyl (C=O) groups is 1. The topological polar surface area (TPSA) is 90.3 Å². The number of rotatable bonds is 6. The van der Waals surface area contributed by atoms with Gasteiger partial charge >= 0.3 is 0 Å². The first-order valence-corrected chi connectivity index (χ1v) is 10.6. The fraction of sp³-hybridized carbons (Fsp3) is 0.200. The van der Waals surface area contributed by atoms with Crippen molar-refractivity contribution in [2.75, 3.05) is 12.4 Å². The van der Waals surface area contributed by atoms with E-state index in [2.05, 4.69) is 10.4 Å². The molecule has 2 aromatic carbocycles. The summed E-state index contributed by atoms with van der Waals surface area (Å²) in [7, 11) is -2.40. The summed E-state index contributed by atoms with van der Waals surface area (Å²) >= 11 is 5.85. The average molecular weight is 434 g/mol. The summed E-state index contributed by atoms with van der Waals surface area (Å²) in [6, 6.07) is 11.4. The standard InChI is InChI=1S/C20H20ClN3O4S/c1-13-8-9-22-24(13)14(2)20(25)23-16-10-17(28-3)12-19(11-16)29(26,27)18-6-4-15(21)5-7-18/h4-12,14H,1-3H3,(H,23,25). The molecular formula is C20H20ClN3O4S. The van der Waals surface area contributed by atoms with Crippen LogP contribution in [0.1, 0.15) is 18.7 Å². The minimum Gasteiger partial charge on any atom is -0.497 e. The zero-order valence-electron chi connectivity index (χ0n) is 16.1. The van der Waals surface area contributed by atoms with Crippen LogP contribution in [0.5, 0.6) is 5.75 Å². The van der Waals surface area contributed by atoms with Crippen LogP contribution in [0.25, 0.3) is 0 Å². The first kappa shape index (κ1) is 20.9. The van der Waals surface area contributed by atoms with E-state index in [1.807, 2.05) is 6.92 Å². The summed E-state index contributed by atoms with van der Waals surface area (Å²) in [6.07, 6.45) is 1.61. The Labute approximate surface area is 174 Å². The lowest BCUT2D eigenvalue weighted by atomic mass is 10.2. The predicted octanol–water partition coefficient (Wildman–Crippen LogP) is 3.89. The summed E-state index contributed by atoms with van der Waals surface area (Å²) in [5.41, 5.74) is 1.14. The van der Waals surface area contributed by atoms with Crippen molar-refractivity contribution in [3.8, 4) is 5.75 Å². The number of sulfone groups is 1. The highest BCUT2D eigenvalue weighted by atomic mass is 35.5. The lowest BCUT2D eigenvalue weighted by Crippen LogP contribution is -2.25. The van der Waals surface area contributed by atoms with Crippen LogP contribution in [0.15, 0.2) is 64.5 Å². The van der Waals surface area contributed by atoms with E-state index in [0.29, 0.717) is 16.5 Å². The highest BCUT2D eigenvalue weighted by Crippen LogP contribution is 2.29. The van der Waals surface area contributed by atoms with Gasteiger partial charge in [0.15, 0.2) is 0 Å². The maximum absolute atomic E-state index is 13.0. The number of nitrogens with zero attached hydrogens (tertiary/aromatic N) is 2. The molecule has 3 aromatic rings. The van der Waals surface area contributed by atoms with Gasteiger partial charge in [0.2, 0.25) is 15.7 Å². The molecule has 1 N–H and O–H groups in total. The van der Waals surface area contributed by atoms with Crippen molar-refractivity contribution < 1.29 is 17.9 Å². The number of ether oxygens (including phenoxy) is 1. The first-order chi connectivity index (χ1) is 13.7. The van der Waals surface area contributed by atoms with Crippen molar-refractivity contribution in [2.24, 2.45) is 0 Å². The number of nitrogens with one attached hydrogen (secondary N) is 1. The van der Waals surface area contributed by atoms with Crippen LogP contribution >= 0.6 is 11.6 Å². The lowest BCUT2D eigenvalue weighted by Gasteiger charge is -2.16. The van der Waals surface area contributed by atoms with Gasteiger partial charge in [-0.25, -0.2) is 8.42 Å². The molecule has 1 aromatic heterocycles. The van der Waals surface area contributed by atoms with Gasteiger partial charge in [0, 0.05) is 28.7 Å². The van der Waals surface area contributed by atoms with E-state index in [1.54, 1.807) is 29.9 Å². The molecule has 1 amide bonds. The fourth-order valence-electron chi connectivity index (χ4n) is 2.81. The Morgan fingerprint density at radius 1 is 1.14 bits per heavy atom. The number of amides is 1. The summed E-state index contributed by atoms with van der Waals surface area (Å²) < 4.78 is 32.8. The van der Waals surface area contributed by atoms with Crippen LogP contribution in [0.2, 0.25) is 5.02 Å². The van der Waals surface area contributed by atoms with Crippen molar-refractivity contribution in [3.05, 3.63) is 65.4 Å². The van der Waals surface area contributed by atoms with Crippen LogP contribution in [0.4, 0.5) is 5.69 Å². The smallest absolute Gasteiger partial charge is 0.248 e. The van der Waals surface area contributed by atoms with Gasteiger partial charge in [-0.3, -0.25) is 9.48 Å². The molecule has 0 fully saturated rings. The molecule has 152 valence electrons. The van der Waals surface area contributed by atoms with E-state index in [0.717, 1.165) is 5.69 Å². The number of hydrogen-bond donors (Lipinski definition) is 1. The molecule has 7 nitrogen and oxygen atoms in total. The van der Waals surface area contributed by atoms with E-state index in [9.17, 15) is 13.2 Å². The number of benzene rings is 2. The lowest BCUT2D eigenvalue weighted by molar-refractivity contribution is -0.119. The van der Waals surface area contributed by atoms with Crippen LogP contribution in [-0.2, 0) is 14.6 Å². The third-order valence-corrected chi connectivity index (χ3v) is 6.43. The summed E-state index contributed by atoms with van der Waals surface area (Å²) in [5.74, 6) is -0.0295. The highest BCUT2D eigenvalue weighted by molar-refractivity contribution is 7.91. The molecule has 1 atom stereocenters. The molecule has 0 aliphatic carbocycles. The van der Waals surface area contributed by atoms with Gasteiger partial charge in [-0.05, 0) is 56.3 Å². The van der Waals surface area contributed by atoms with Crippen molar-refractivity contribution >= 4 is 33.0 Å². The van der Waals surface area contributed by atoms with Gasteiger partial charge < -0.3 is 10.1 Å². The Morgan fingerprint density at radius 3 is 2.41 bits per heavy atom. The molecular weight excluding hydrogens is 414 g/mol. The normalized spacial score (nSPS) is 12.4. The Morgan fingerprint density at radius 2 is 1.83 bits per heavy atom. The van der Waals surface area contributed by atoms with E-state index in [-0.39, 0.29) is 15.7 Å². The second-order valence-corrected chi connectivity index (χ2v) is 8.82. The van der Waals surface area contributed by atoms with Gasteiger partial charge in [0.05, 0.1) is 16.9 Å². The number of carbonyl (C=O) groups excluding carboxylic acids is 1. The number of aryl methyl sites for hydroxylation is 1. The summed E-state index contributed by atoms with van der Waals surface area (Å²) in [5, 5.41) is 7.32. The van der Waals surface area contributed by atoms with Crippen molar-refractivity contribution in [2.45, 2.75) is 29.7 Å². The Kier molecular flexibility index (Phi) is 5.95. The Hall–Kier alpha value is -2.84. The molecule has 0 aliphatic heterocycles. The second kappa shape index (κ2) is 8.26. The average Bonchev–Trinajstić information content (AvgIpc) is 3.13. The fourth-order valence-corrected chi connectivity index (χ4v) is 4.26. The molecule has 0 radical (unpaired) electrons. The molecule has 0 saturated heterocycles. The van der Waals surface area contributed by atoms with E-state index < -0.39 is 15.9 Å². The van der Waals surface area contributed by atoms with Gasteiger partial charge in [-0.15, -0.1) is 0 Å². The third-order valence-electron chi connectivity index (χ3n) is 4.43. The molecule has 0 spiro atoms. The minimum absolute atomic E-state index is 0.00241. The first-order valence-electron chi connectivity index (χ1n) is 8.73. The van der Waals surface area contributed by atoms with Crippen LogP contribution in [0.3, 0.4) is 0 Å². The van der Waals surface area contributed by atoms with Gasteiger partial charge in [-0.1, -0.05) is 11.6 Å². The largest absolute Gasteiger partial charge is 0.497 e. The molecule has 29 heavy (non-hydrogen) atoms. The van der Waals surface area contributed by atoms with Gasteiger partial charge in [-0.2, -0.15) is 5.10 Å². The number of aromatic nitrogens is 2. The minimum atomic E-state index is -3.82. The monoisotopic (exact) mass is 433 g/mol. The van der Waals surface area contributed by atoms with Crippen molar-refractivity contribution in [1.29, 1.82) is 0 Å². The zero-order valence-corrected chi connectivity index (χ0v) is 17.7. The van der Waals surface area contributed by atoms with E-state index in [4.69, 9.17) is 16.3 Å². The van der Waals surface area contributed by atoms with Crippen molar-refractivity contribution in [3.63, 3.8) is 0 Å². The Balaban J connectivity index is 1.94. The molecule has 1 unspecified atom stereocenters.